The molecule has 2 rings (SSSR count). The van der Waals surface area contributed by atoms with Gasteiger partial charge in [-0.3, -0.25) is 4.99 Å². The molecule has 158 valence electrons. The molecule has 0 spiro atoms. The molecule has 0 atom stereocenters. The molecule has 1 heterocycles. The average molecular weight is 520 g/mol. The van der Waals surface area contributed by atoms with Crippen LogP contribution in [0.3, 0.4) is 0 Å². The Labute approximate surface area is 187 Å². The minimum absolute atomic E-state index is 0. The Balaban J connectivity index is 0.00000392. The minimum atomic E-state index is -3.12. The molecule has 0 saturated carbocycles. The summed E-state index contributed by atoms with van der Waals surface area (Å²) in [7, 11) is -1.32. The second kappa shape index (κ2) is 12.4. The van der Waals surface area contributed by atoms with Gasteiger partial charge in [0.25, 0.3) is 0 Å². The number of benzene rings is 1. The van der Waals surface area contributed by atoms with Crippen LogP contribution in [0.2, 0.25) is 0 Å². The highest BCUT2D eigenvalue weighted by molar-refractivity contribution is 14.0. The molecule has 1 fully saturated rings. The van der Waals surface area contributed by atoms with Crippen LogP contribution in [-0.2, 0) is 10.0 Å². The van der Waals surface area contributed by atoms with E-state index in [1.807, 2.05) is 13.0 Å². The van der Waals surface area contributed by atoms with E-state index in [2.05, 4.69) is 45.6 Å². The summed E-state index contributed by atoms with van der Waals surface area (Å²) in [6.45, 7) is 5.51. The third-order valence-electron chi connectivity index (χ3n) is 4.78. The van der Waals surface area contributed by atoms with Crippen LogP contribution >= 0.6 is 24.0 Å². The number of aliphatic imine (C=N–C) groups is 1. The number of hydrogen-bond donors (Lipinski definition) is 1. The predicted molar refractivity (Wildman–Crippen MR) is 129 cm³/mol. The van der Waals surface area contributed by atoms with Crippen molar-refractivity contribution < 1.29 is 8.42 Å². The summed E-state index contributed by atoms with van der Waals surface area (Å²) in [5.41, 5.74) is 2.73. The fourth-order valence-electron chi connectivity index (χ4n) is 3.28. The molecule has 0 bridgehead atoms. The minimum Gasteiger partial charge on any atom is -0.356 e. The van der Waals surface area contributed by atoms with Crippen molar-refractivity contribution >= 4 is 46.0 Å². The van der Waals surface area contributed by atoms with Crippen molar-refractivity contribution in [1.29, 1.82) is 0 Å². The number of likely N-dealkylation sites (tertiary alicyclic amines) is 1. The van der Waals surface area contributed by atoms with Gasteiger partial charge in [-0.05, 0) is 24.8 Å². The van der Waals surface area contributed by atoms with Gasteiger partial charge in [-0.25, -0.2) is 12.7 Å². The van der Waals surface area contributed by atoms with Gasteiger partial charge in [0.05, 0.1) is 6.26 Å². The summed E-state index contributed by atoms with van der Waals surface area (Å²) >= 11 is 0. The van der Waals surface area contributed by atoms with Crippen LogP contribution < -0.4 is 5.32 Å². The number of nitrogens with zero attached hydrogens (tertiary/aromatic N) is 3. The second-order valence-corrected chi connectivity index (χ2v) is 8.76. The molecule has 1 saturated heterocycles. The van der Waals surface area contributed by atoms with E-state index >= 15 is 0 Å². The maximum absolute atomic E-state index is 11.6. The van der Waals surface area contributed by atoms with Gasteiger partial charge in [0.2, 0.25) is 10.0 Å². The van der Waals surface area contributed by atoms with Crippen LogP contribution in [0.15, 0.2) is 40.9 Å². The first kappa shape index (κ1) is 24.9. The van der Waals surface area contributed by atoms with E-state index < -0.39 is 10.0 Å². The van der Waals surface area contributed by atoms with Gasteiger partial charge in [0.1, 0.15) is 0 Å². The Kier molecular flexibility index (Phi) is 11.1. The zero-order valence-electron chi connectivity index (χ0n) is 17.1. The molecule has 6 nitrogen and oxygen atoms in total. The predicted octanol–water partition coefficient (Wildman–Crippen LogP) is 3.03. The second-order valence-electron chi connectivity index (χ2n) is 6.78. The van der Waals surface area contributed by atoms with Gasteiger partial charge in [-0.2, -0.15) is 0 Å². The van der Waals surface area contributed by atoms with Crippen molar-refractivity contribution in [2.45, 2.75) is 26.2 Å². The quantitative estimate of drug-likeness (QED) is 0.260. The van der Waals surface area contributed by atoms with Gasteiger partial charge in [0, 0.05) is 39.8 Å². The SMILES string of the molecule is CCN(CCCNC(=NC)N1CCC(=Cc2ccccc2)CC1)S(C)(=O)=O.I. The van der Waals surface area contributed by atoms with Gasteiger partial charge in [0.15, 0.2) is 5.96 Å². The zero-order valence-corrected chi connectivity index (χ0v) is 20.2. The molecule has 0 radical (unpaired) electrons. The van der Waals surface area contributed by atoms with E-state index in [9.17, 15) is 8.42 Å². The molecule has 8 heteroatoms. The summed E-state index contributed by atoms with van der Waals surface area (Å²) in [6.07, 6.45) is 6.38. The maximum atomic E-state index is 11.6. The summed E-state index contributed by atoms with van der Waals surface area (Å²) in [6, 6.07) is 10.4. The van der Waals surface area contributed by atoms with E-state index in [-0.39, 0.29) is 24.0 Å². The molecule has 0 unspecified atom stereocenters. The number of nitrogens with one attached hydrogen (secondary N) is 1. The van der Waals surface area contributed by atoms with Crippen molar-refractivity contribution in [3.05, 3.63) is 41.5 Å². The molecular formula is C20H33IN4O2S. The molecular weight excluding hydrogens is 487 g/mol. The van der Waals surface area contributed by atoms with Gasteiger partial charge in [-0.1, -0.05) is 48.9 Å². The molecule has 1 aromatic carbocycles. The average Bonchev–Trinajstić information content (AvgIpc) is 2.65. The summed E-state index contributed by atoms with van der Waals surface area (Å²) in [5, 5.41) is 3.37. The largest absolute Gasteiger partial charge is 0.356 e. The molecule has 0 amide bonds. The van der Waals surface area contributed by atoms with Crippen LogP contribution in [0, 0.1) is 0 Å². The molecule has 1 aromatic rings. The number of hydrogen-bond acceptors (Lipinski definition) is 3. The van der Waals surface area contributed by atoms with Crippen molar-refractivity contribution in [3.63, 3.8) is 0 Å². The topological polar surface area (TPSA) is 65.0 Å². The van der Waals surface area contributed by atoms with E-state index in [0.29, 0.717) is 19.6 Å². The standard InChI is InChI=1S/C20H32N4O2S.HI/c1-4-24(27(3,25)26)14-8-13-22-20(21-2)23-15-11-19(12-16-23)17-18-9-6-5-7-10-18;/h5-7,9-10,17H,4,8,11-16H2,1-3H3,(H,21,22);1H. The molecule has 0 aliphatic carbocycles. The Morgan fingerprint density at radius 2 is 1.89 bits per heavy atom. The molecule has 1 aliphatic heterocycles. The maximum Gasteiger partial charge on any atom is 0.211 e. The summed E-state index contributed by atoms with van der Waals surface area (Å²) in [5.74, 6) is 0.899. The van der Waals surface area contributed by atoms with Crippen LogP contribution in [-0.4, -0.2) is 69.6 Å². The van der Waals surface area contributed by atoms with Crippen molar-refractivity contribution in [1.82, 2.24) is 14.5 Å². The number of guanidine groups is 1. The highest BCUT2D eigenvalue weighted by atomic mass is 127. The fourth-order valence-corrected chi connectivity index (χ4v) is 4.21. The lowest BCUT2D eigenvalue weighted by molar-refractivity contribution is 0.372. The third-order valence-corrected chi connectivity index (χ3v) is 6.16. The third kappa shape index (κ3) is 8.08. The van der Waals surface area contributed by atoms with Gasteiger partial charge in [-0.15, -0.1) is 24.0 Å². The van der Waals surface area contributed by atoms with E-state index in [1.165, 1.54) is 21.7 Å². The summed E-state index contributed by atoms with van der Waals surface area (Å²) < 4.78 is 24.7. The van der Waals surface area contributed by atoms with Crippen LogP contribution in [0.4, 0.5) is 0 Å². The van der Waals surface area contributed by atoms with E-state index in [1.54, 1.807) is 7.05 Å². The normalized spacial score (nSPS) is 15.4. The number of sulfonamides is 1. The lowest BCUT2D eigenvalue weighted by atomic mass is 10.0. The molecule has 28 heavy (non-hydrogen) atoms. The van der Waals surface area contributed by atoms with E-state index in [4.69, 9.17) is 0 Å². The lowest BCUT2D eigenvalue weighted by Crippen LogP contribution is -2.45. The Morgan fingerprint density at radius 1 is 1.25 bits per heavy atom. The number of halogens is 1. The Hall–Kier alpha value is -1.13. The van der Waals surface area contributed by atoms with Gasteiger partial charge >= 0.3 is 0 Å². The smallest absolute Gasteiger partial charge is 0.211 e. The molecule has 1 N–H and O–H groups in total. The fraction of sp³-hybridized carbons (Fsp3) is 0.550. The first-order valence-electron chi connectivity index (χ1n) is 9.59. The Bertz CT molecular complexity index is 741. The highest BCUT2D eigenvalue weighted by Gasteiger charge is 2.17. The van der Waals surface area contributed by atoms with Gasteiger partial charge < -0.3 is 10.2 Å². The van der Waals surface area contributed by atoms with Crippen molar-refractivity contribution in [3.8, 4) is 0 Å². The Morgan fingerprint density at radius 3 is 2.43 bits per heavy atom. The summed E-state index contributed by atoms with van der Waals surface area (Å²) in [4.78, 5) is 6.66. The van der Waals surface area contributed by atoms with E-state index in [0.717, 1.165) is 38.3 Å². The monoisotopic (exact) mass is 520 g/mol. The van der Waals surface area contributed by atoms with Crippen LogP contribution in [0.1, 0.15) is 31.7 Å². The zero-order chi connectivity index (χ0) is 19.7. The van der Waals surface area contributed by atoms with Crippen LogP contribution in [0.5, 0.6) is 0 Å². The molecule has 1 aliphatic rings. The molecule has 0 aromatic heterocycles. The van der Waals surface area contributed by atoms with Crippen molar-refractivity contribution in [2.75, 3.05) is 46.0 Å². The lowest BCUT2D eigenvalue weighted by Gasteiger charge is -2.31. The number of piperidine rings is 1. The van der Waals surface area contributed by atoms with Crippen LogP contribution in [0.25, 0.3) is 6.08 Å². The number of rotatable bonds is 7. The first-order chi connectivity index (χ1) is 12.9. The highest BCUT2D eigenvalue weighted by Crippen LogP contribution is 2.19. The first-order valence-corrected chi connectivity index (χ1v) is 11.4. The van der Waals surface area contributed by atoms with Crippen molar-refractivity contribution in [2.24, 2.45) is 4.99 Å².